The molecule has 2 N–H and O–H groups in total. The lowest BCUT2D eigenvalue weighted by molar-refractivity contribution is -0.432. The van der Waals surface area contributed by atoms with Crippen LogP contribution in [0, 0.1) is 5.53 Å². The maximum absolute atomic E-state index is 7.84. The summed E-state index contributed by atoms with van der Waals surface area (Å²) < 4.78 is 4.19. The van der Waals surface area contributed by atoms with Gasteiger partial charge in [-0.2, -0.15) is 5.11 Å². The minimum absolute atomic E-state index is 0.560. The third-order valence-electron chi connectivity index (χ3n) is 1.13. The Morgan fingerprint density at radius 3 is 2.50 bits per heavy atom. The van der Waals surface area contributed by atoms with Crippen LogP contribution in [-0.4, -0.2) is 5.26 Å². The van der Waals surface area contributed by atoms with Crippen LogP contribution in [0.5, 0.6) is 0 Å². The molecule has 12 heavy (non-hydrogen) atoms. The van der Waals surface area contributed by atoms with Crippen LogP contribution >= 0.6 is 12.0 Å². The van der Waals surface area contributed by atoms with Gasteiger partial charge in [0.2, 0.25) is 0 Å². The van der Waals surface area contributed by atoms with Crippen molar-refractivity contribution in [3.8, 4) is 0 Å². The molecule has 0 spiro atoms. The fourth-order valence-corrected chi connectivity index (χ4v) is 0.987. The van der Waals surface area contributed by atoms with Crippen molar-refractivity contribution >= 4 is 17.7 Å². The normalized spacial score (nSPS) is 9.75. The maximum atomic E-state index is 7.84. The molecule has 0 aliphatic carbocycles. The first-order chi connectivity index (χ1) is 5.86. The number of hydrogen-bond acceptors (Lipinski definition) is 6. The van der Waals surface area contributed by atoms with Crippen LogP contribution in [0.4, 0.5) is 5.69 Å². The molecule has 0 unspecified atom stereocenters. The Kier molecular flexibility index (Phi) is 3.68. The van der Waals surface area contributed by atoms with Gasteiger partial charge in [-0.3, -0.25) is 0 Å². The van der Waals surface area contributed by atoms with Gasteiger partial charge in [0, 0.05) is 4.90 Å². The summed E-state index contributed by atoms with van der Waals surface area (Å²) in [5, 5.41) is 14.5. The van der Waals surface area contributed by atoms with Crippen LogP contribution in [0.25, 0.3) is 0 Å². The molecule has 1 aromatic carbocycles. The molecule has 0 aliphatic heterocycles. The SMILES string of the molecule is N=Nc1ccc(SOOO)cc1. The highest BCUT2D eigenvalue weighted by atomic mass is 32.2. The van der Waals surface area contributed by atoms with Crippen LogP contribution in [0.1, 0.15) is 0 Å². The van der Waals surface area contributed by atoms with Gasteiger partial charge in [0.05, 0.1) is 17.7 Å². The number of nitrogens with one attached hydrogen (secondary N) is 1. The molecule has 0 amide bonds. The largest absolute Gasteiger partial charge is 0.220 e. The third-order valence-corrected chi connectivity index (χ3v) is 1.72. The summed E-state index contributed by atoms with van der Waals surface area (Å²) in [7, 11) is 0. The Morgan fingerprint density at radius 1 is 1.33 bits per heavy atom. The Hall–Kier alpha value is -0.950. The van der Waals surface area contributed by atoms with Gasteiger partial charge in [-0.25, -0.2) is 10.8 Å². The summed E-state index contributed by atoms with van der Waals surface area (Å²) in [6.45, 7) is 0. The molecule has 6 heteroatoms. The standard InChI is InChI=1S/C6H6N2O3S/c7-8-5-1-3-6(4-2-5)12-11-10-9/h1-4,7,9H. The quantitative estimate of drug-likeness (QED) is 0.328. The monoisotopic (exact) mass is 186 g/mol. The summed E-state index contributed by atoms with van der Waals surface area (Å²) in [5.74, 6) is 0. The van der Waals surface area contributed by atoms with Gasteiger partial charge in [-0.15, -0.1) is 4.33 Å². The first-order valence-electron chi connectivity index (χ1n) is 2.99. The molecule has 5 nitrogen and oxygen atoms in total. The van der Waals surface area contributed by atoms with Crippen molar-refractivity contribution in [3.05, 3.63) is 24.3 Å². The van der Waals surface area contributed by atoms with Crippen molar-refractivity contribution in [2.45, 2.75) is 4.90 Å². The van der Waals surface area contributed by atoms with E-state index in [1.807, 2.05) is 0 Å². The molecular formula is C6H6N2O3S. The van der Waals surface area contributed by atoms with Crippen molar-refractivity contribution in [2.24, 2.45) is 5.11 Å². The lowest BCUT2D eigenvalue weighted by atomic mass is 10.3. The number of hydrogen-bond donors (Lipinski definition) is 2. The zero-order valence-corrected chi connectivity index (χ0v) is 6.75. The molecule has 0 saturated carbocycles. The number of benzene rings is 1. The van der Waals surface area contributed by atoms with Gasteiger partial charge in [0.1, 0.15) is 0 Å². The van der Waals surface area contributed by atoms with Crippen molar-refractivity contribution in [3.63, 3.8) is 0 Å². The van der Waals surface area contributed by atoms with Crippen LogP contribution in [0.3, 0.4) is 0 Å². The minimum atomic E-state index is 0.560. The van der Waals surface area contributed by atoms with Gasteiger partial charge in [0.25, 0.3) is 0 Å². The molecule has 0 aliphatic rings. The van der Waals surface area contributed by atoms with Gasteiger partial charge in [0.15, 0.2) is 0 Å². The fourth-order valence-electron chi connectivity index (χ4n) is 0.631. The molecule has 0 atom stereocenters. The summed E-state index contributed by atoms with van der Waals surface area (Å²) >= 11 is 0.864. The third kappa shape index (κ3) is 2.59. The second-order valence-electron chi connectivity index (χ2n) is 1.83. The van der Waals surface area contributed by atoms with Crippen molar-refractivity contribution in [1.29, 1.82) is 5.53 Å². The molecule has 0 radical (unpaired) electrons. The minimum Gasteiger partial charge on any atom is -0.220 e. The molecule has 0 aromatic heterocycles. The Morgan fingerprint density at radius 2 is 2.00 bits per heavy atom. The molecular weight excluding hydrogens is 180 g/mol. The summed E-state index contributed by atoms with van der Waals surface area (Å²) in [6.07, 6.45) is 0. The van der Waals surface area contributed by atoms with Crippen molar-refractivity contribution < 1.29 is 14.6 Å². The topological polar surface area (TPSA) is 74.9 Å². The number of nitrogens with zero attached hydrogens (tertiary/aromatic N) is 1. The number of rotatable bonds is 4. The highest BCUT2D eigenvalue weighted by molar-refractivity contribution is 7.94. The molecule has 64 valence electrons. The van der Waals surface area contributed by atoms with Crippen LogP contribution in [0.2, 0.25) is 0 Å². The van der Waals surface area contributed by atoms with E-state index in [4.69, 9.17) is 10.8 Å². The highest BCUT2D eigenvalue weighted by Crippen LogP contribution is 2.21. The lowest BCUT2D eigenvalue weighted by Gasteiger charge is -1.96. The van der Waals surface area contributed by atoms with Gasteiger partial charge in [-0.05, 0) is 24.3 Å². The van der Waals surface area contributed by atoms with Crippen LogP contribution in [0.15, 0.2) is 34.3 Å². The Bertz CT molecular complexity index is 251. The van der Waals surface area contributed by atoms with E-state index in [0.717, 1.165) is 16.9 Å². The predicted octanol–water partition coefficient (Wildman–Crippen LogP) is 2.78. The fraction of sp³-hybridized carbons (Fsp3) is 0. The van der Waals surface area contributed by atoms with Gasteiger partial charge < -0.3 is 0 Å². The van der Waals surface area contributed by atoms with Crippen LogP contribution < -0.4 is 0 Å². The molecule has 0 bridgehead atoms. The van der Waals surface area contributed by atoms with Gasteiger partial charge >= 0.3 is 0 Å². The first-order valence-corrected chi connectivity index (χ1v) is 3.73. The van der Waals surface area contributed by atoms with E-state index < -0.39 is 0 Å². The smallest absolute Gasteiger partial charge is 0.0850 e. The van der Waals surface area contributed by atoms with E-state index in [2.05, 4.69) is 14.5 Å². The van der Waals surface area contributed by atoms with E-state index in [0.29, 0.717) is 5.69 Å². The molecule has 0 saturated heterocycles. The summed E-state index contributed by atoms with van der Waals surface area (Å²) in [4.78, 5) is 0.747. The average molecular weight is 186 g/mol. The lowest BCUT2D eigenvalue weighted by Crippen LogP contribution is -1.77. The van der Waals surface area contributed by atoms with E-state index in [1.165, 1.54) is 0 Å². The zero-order valence-electron chi connectivity index (χ0n) is 5.93. The molecule has 1 aromatic rings. The van der Waals surface area contributed by atoms with Crippen molar-refractivity contribution in [2.75, 3.05) is 0 Å². The highest BCUT2D eigenvalue weighted by Gasteiger charge is 1.94. The summed E-state index contributed by atoms with van der Waals surface area (Å²) in [6, 6.07) is 6.68. The Balaban J connectivity index is 2.58. The first kappa shape index (κ1) is 9.14. The molecule has 0 fully saturated rings. The van der Waals surface area contributed by atoms with E-state index in [1.54, 1.807) is 24.3 Å². The zero-order chi connectivity index (χ0) is 8.81. The van der Waals surface area contributed by atoms with Crippen LogP contribution in [-0.2, 0) is 9.37 Å². The van der Waals surface area contributed by atoms with E-state index >= 15 is 0 Å². The van der Waals surface area contributed by atoms with E-state index in [-0.39, 0.29) is 0 Å². The van der Waals surface area contributed by atoms with Gasteiger partial charge in [-0.1, -0.05) is 5.04 Å². The van der Waals surface area contributed by atoms with E-state index in [9.17, 15) is 0 Å². The maximum Gasteiger partial charge on any atom is 0.0850 e. The molecule has 0 heterocycles. The van der Waals surface area contributed by atoms with Crippen molar-refractivity contribution in [1.82, 2.24) is 0 Å². The average Bonchev–Trinajstić information content (AvgIpc) is 2.15. The second-order valence-corrected chi connectivity index (χ2v) is 2.61. The summed E-state index contributed by atoms with van der Waals surface area (Å²) in [5.41, 5.74) is 7.23. The Labute approximate surface area is 72.9 Å². The second kappa shape index (κ2) is 4.83. The predicted molar refractivity (Wildman–Crippen MR) is 41.9 cm³/mol. The molecule has 1 rings (SSSR count).